The van der Waals surface area contributed by atoms with Crippen LogP contribution >= 0.6 is 23.2 Å². The number of hydrogen-bond acceptors (Lipinski definition) is 3. The molecule has 2 aromatic rings. The summed E-state index contributed by atoms with van der Waals surface area (Å²) in [7, 11) is 0. The molecule has 0 spiro atoms. The Morgan fingerprint density at radius 3 is 2.04 bits per heavy atom. The van der Waals surface area contributed by atoms with E-state index >= 15 is 0 Å². The summed E-state index contributed by atoms with van der Waals surface area (Å²) in [6.45, 7) is 3.84. The number of rotatable bonds is 4. The molecule has 0 aliphatic carbocycles. The summed E-state index contributed by atoms with van der Waals surface area (Å²) >= 11 is 12.0. The van der Waals surface area contributed by atoms with Gasteiger partial charge in [-0.1, -0.05) is 35.3 Å². The zero-order valence-electron chi connectivity index (χ0n) is 13.6. The predicted molar refractivity (Wildman–Crippen MR) is 98.9 cm³/mol. The van der Waals surface area contributed by atoms with Crippen LogP contribution in [0.2, 0.25) is 5.02 Å². The second-order valence-corrected chi connectivity index (χ2v) is 6.62. The van der Waals surface area contributed by atoms with Gasteiger partial charge in [-0.05, 0) is 55.8 Å². The van der Waals surface area contributed by atoms with Crippen LogP contribution in [0.5, 0.6) is 5.75 Å². The lowest BCUT2D eigenvalue weighted by Crippen LogP contribution is -2.31. The number of halogens is 2. The molecule has 0 atom stereocenters. The van der Waals surface area contributed by atoms with E-state index in [9.17, 15) is 9.59 Å². The molecule has 2 aromatic carbocycles. The Bertz CT molecular complexity index is 855. The Morgan fingerprint density at radius 1 is 0.880 bits per heavy atom. The van der Waals surface area contributed by atoms with Gasteiger partial charge in [0.15, 0.2) is 0 Å². The quantitative estimate of drug-likeness (QED) is 0.730. The van der Waals surface area contributed by atoms with Crippen LogP contribution in [0, 0.1) is 0 Å². The van der Waals surface area contributed by atoms with Crippen molar-refractivity contribution in [3.63, 3.8) is 0 Å². The third-order valence-corrected chi connectivity index (χ3v) is 4.23. The Balaban J connectivity index is 1.91. The van der Waals surface area contributed by atoms with E-state index in [-0.39, 0.29) is 16.7 Å². The van der Waals surface area contributed by atoms with E-state index in [1.54, 1.807) is 48.5 Å². The van der Waals surface area contributed by atoms with E-state index in [0.29, 0.717) is 22.0 Å². The van der Waals surface area contributed by atoms with Crippen molar-refractivity contribution in [1.29, 1.82) is 0 Å². The molecule has 0 aromatic heterocycles. The molecular weight excluding hydrogens is 361 g/mol. The van der Waals surface area contributed by atoms with E-state index < -0.39 is 11.8 Å². The number of carbonyl (C=O) groups excluding carboxylic acids is 2. The first kappa shape index (κ1) is 17.5. The van der Waals surface area contributed by atoms with E-state index in [2.05, 4.69) is 0 Å². The number of hydrogen-bond donors (Lipinski definition) is 0. The average Bonchev–Trinajstić information content (AvgIpc) is 2.79. The lowest BCUT2D eigenvalue weighted by Gasteiger charge is -2.16. The smallest absolute Gasteiger partial charge is 0.277 e. The number of imide groups is 1. The molecule has 1 heterocycles. The minimum Gasteiger partial charge on any atom is -0.491 e. The van der Waals surface area contributed by atoms with Gasteiger partial charge in [0.05, 0.1) is 17.4 Å². The fraction of sp³-hybridized carbons (Fsp3) is 0.158. The summed E-state index contributed by atoms with van der Waals surface area (Å²) in [5.74, 6) is -0.348. The Kier molecular flexibility index (Phi) is 4.84. The zero-order valence-corrected chi connectivity index (χ0v) is 15.1. The maximum absolute atomic E-state index is 12.8. The number of amides is 2. The second kappa shape index (κ2) is 6.90. The van der Waals surface area contributed by atoms with Crippen molar-refractivity contribution in [1.82, 2.24) is 0 Å². The molecule has 2 amide bonds. The van der Waals surface area contributed by atoms with Crippen molar-refractivity contribution in [3.05, 3.63) is 64.1 Å². The second-order valence-electron chi connectivity index (χ2n) is 5.80. The summed E-state index contributed by atoms with van der Waals surface area (Å²) in [6.07, 6.45) is 0.0357. The van der Waals surface area contributed by atoms with Gasteiger partial charge in [0.2, 0.25) is 0 Å². The highest BCUT2D eigenvalue weighted by Crippen LogP contribution is 2.35. The van der Waals surface area contributed by atoms with Gasteiger partial charge in [-0.25, -0.2) is 4.90 Å². The maximum atomic E-state index is 12.8. The lowest BCUT2D eigenvalue weighted by atomic mass is 10.1. The molecular formula is C19H15Cl2NO3. The van der Waals surface area contributed by atoms with Crippen LogP contribution in [-0.2, 0) is 9.59 Å². The number of carbonyl (C=O) groups is 2. The summed E-state index contributed by atoms with van der Waals surface area (Å²) in [5, 5.41) is 0.435. The standard InChI is InChI=1S/C19H15Cl2NO3/c1-11(2)25-15-9-7-14(8-10-15)22-18(23)16(17(21)19(22)24)12-3-5-13(20)6-4-12/h3-11H,1-2H3. The molecule has 4 nitrogen and oxygen atoms in total. The molecule has 1 aliphatic heterocycles. The minimum atomic E-state index is -0.547. The molecule has 25 heavy (non-hydrogen) atoms. The van der Waals surface area contributed by atoms with Crippen LogP contribution in [0.25, 0.3) is 5.57 Å². The van der Waals surface area contributed by atoms with Gasteiger partial charge in [-0.3, -0.25) is 9.59 Å². The van der Waals surface area contributed by atoms with Gasteiger partial charge in [-0.15, -0.1) is 0 Å². The molecule has 1 aliphatic rings. The maximum Gasteiger partial charge on any atom is 0.277 e. The highest BCUT2D eigenvalue weighted by Gasteiger charge is 2.39. The fourth-order valence-electron chi connectivity index (χ4n) is 2.55. The SMILES string of the molecule is CC(C)Oc1ccc(N2C(=O)C(Cl)=C(c3ccc(Cl)cc3)C2=O)cc1. The minimum absolute atomic E-state index is 0.0357. The number of nitrogens with zero attached hydrogens (tertiary/aromatic N) is 1. The van der Waals surface area contributed by atoms with Crippen LogP contribution in [0.15, 0.2) is 53.6 Å². The van der Waals surface area contributed by atoms with Crippen molar-refractivity contribution in [2.75, 3.05) is 4.90 Å². The molecule has 3 rings (SSSR count). The molecule has 6 heteroatoms. The summed E-state index contributed by atoms with van der Waals surface area (Å²) < 4.78 is 5.57. The molecule has 0 unspecified atom stereocenters. The van der Waals surface area contributed by atoms with Gasteiger partial charge in [0.1, 0.15) is 10.8 Å². The average molecular weight is 376 g/mol. The molecule has 0 saturated heterocycles. The highest BCUT2D eigenvalue weighted by atomic mass is 35.5. The van der Waals surface area contributed by atoms with Crippen LogP contribution in [0.4, 0.5) is 5.69 Å². The van der Waals surface area contributed by atoms with E-state index in [1.165, 1.54) is 0 Å². The van der Waals surface area contributed by atoms with Gasteiger partial charge >= 0.3 is 0 Å². The number of benzene rings is 2. The molecule has 128 valence electrons. The van der Waals surface area contributed by atoms with E-state index in [4.69, 9.17) is 27.9 Å². The molecule has 0 saturated carbocycles. The third kappa shape index (κ3) is 3.41. The highest BCUT2D eigenvalue weighted by molar-refractivity contribution is 6.60. The normalized spacial score (nSPS) is 14.7. The Hall–Kier alpha value is -2.30. The van der Waals surface area contributed by atoms with Crippen molar-refractivity contribution >= 4 is 46.3 Å². The van der Waals surface area contributed by atoms with Crippen LogP contribution in [-0.4, -0.2) is 17.9 Å². The van der Waals surface area contributed by atoms with Crippen LogP contribution in [0.1, 0.15) is 19.4 Å². The van der Waals surface area contributed by atoms with Gasteiger partial charge in [-0.2, -0.15) is 0 Å². The van der Waals surface area contributed by atoms with E-state index in [0.717, 1.165) is 4.90 Å². The van der Waals surface area contributed by atoms with Crippen LogP contribution < -0.4 is 9.64 Å². The van der Waals surface area contributed by atoms with Gasteiger partial charge in [0, 0.05) is 5.02 Å². The van der Waals surface area contributed by atoms with Crippen LogP contribution in [0.3, 0.4) is 0 Å². The van der Waals surface area contributed by atoms with Crippen molar-refractivity contribution < 1.29 is 14.3 Å². The first-order valence-electron chi connectivity index (χ1n) is 7.69. The summed E-state index contributed by atoms with van der Waals surface area (Å²) in [5.41, 5.74) is 1.16. The molecule has 0 radical (unpaired) electrons. The number of anilines is 1. The largest absolute Gasteiger partial charge is 0.491 e. The van der Waals surface area contributed by atoms with Crippen molar-refractivity contribution in [3.8, 4) is 5.75 Å². The van der Waals surface area contributed by atoms with E-state index in [1.807, 2.05) is 13.8 Å². The van der Waals surface area contributed by atoms with Crippen molar-refractivity contribution in [2.45, 2.75) is 20.0 Å². The van der Waals surface area contributed by atoms with Gasteiger partial charge < -0.3 is 4.74 Å². The van der Waals surface area contributed by atoms with Crippen molar-refractivity contribution in [2.24, 2.45) is 0 Å². The van der Waals surface area contributed by atoms with Gasteiger partial charge in [0.25, 0.3) is 11.8 Å². The summed E-state index contributed by atoms with van der Waals surface area (Å²) in [4.78, 5) is 26.3. The lowest BCUT2D eigenvalue weighted by molar-refractivity contribution is -0.119. The monoisotopic (exact) mass is 375 g/mol. The topological polar surface area (TPSA) is 46.6 Å². The molecule has 0 fully saturated rings. The Labute approximate surface area is 155 Å². The first-order valence-corrected chi connectivity index (χ1v) is 8.45. The first-order chi connectivity index (χ1) is 11.9. The molecule has 0 bridgehead atoms. The Morgan fingerprint density at radius 2 is 1.48 bits per heavy atom. The third-order valence-electron chi connectivity index (χ3n) is 3.63. The molecule has 0 N–H and O–H groups in total. The fourth-order valence-corrected chi connectivity index (χ4v) is 2.95. The predicted octanol–water partition coefficient (Wildman–Crippen LogP) is 4.65. The number of ether oxygens (including phenoxy) is 1. The summed E-state index contributed by atoms with van der Waals surface area (Å²) in [6, 6.07) is 13.3. The zero-order chi connectivity index (χ0) is 18.1.